The Kier molecular flexibility index (Phi) is 3.28. The third-order valence-electron chi connectivity index (χ3n) is 6.47. The zero-order valence-electron chi connectivity index (χ0n) is 16.2. The van der Waals surface area contributed by atoms with Gasteiger partial charge in [0.25, 0.3) is 0 Å². The van der Waals surface area contributed by atoms with Gasteiger partial charge in [-0.05, 0) is 65.1 Å². The van der Waals surface area contributed by atoms with Crippen molar-refractivity contribution in [2.24, 2.45) is 4.99 Å². The van der Waals surface area contributed by atoms with Gasteiger partial charge in [-0.3, -0.25) is 4.99 Å². The molecule has 0 saturated carbocycles. The molecule has 0 spiro atoms. The molecule has 0 bridgehead atoms. The van der Waals surface area contributed by atoms with Gasteiger partial charge >= 0.3 is 0 Å². The fraction of sp³-hybridized carbons (Fsp3) is 0.208. The number of nitrogen functional groups attached to an aromatic ring is 2. The number of nitrogens with zero attached hydrogens (tertiary/aromatic N) is 1. The highest BCUT2D eigenvalue weighted by Gasteiger charge is 2.43. The molecule has 1 aliphatic carbocycles. The van der Waals surface area contributed by atoms with Gasteiger partial charge in [0.15, 0.2) is 0 Å². The number of fused-ring (bicyclic) bond motifs is 7. The quantitative estimate of drug-likeness (QED) is 0.475. The largest absolute Gasteiger partial charge is 0.399 e. The summed E-state index contributed by atoms with van der Waals surface area (Å²) in [6.07, 6.45) is 0. The summed E-state index contributed by atoms with van der Waals surface area (Å²) in [6, 6.07) is 21.2. The molecule has 2 aliphatic heterocycles. The lowest BCUT2D eigenvalue weighted by Crippen LogP contribution is -2.34. The molecule has 6 rings (SSSR count). The Morgan fingerprint density at radius 3 is 2.28 bits per heavy atom. The zero-order valence-corrected chi connectivity index (χ0v) is 16.2. The Morgan fingerprint density at radius 1 is 0.793 bits per heavy atom. The third kappa shape index (κ3) is 2.30. The second-order valence-corrected chi connectivity index (χ2v) is 8.27. The van der Waals surface area contributed by atoms with Crippen molar-refractivity contribution in [2.75, 3.05) is 16.8 Å². The predicted molar refractivity (Wildman–Crippen MR) is 119 cm³/mol. The lowest BCUT2D eigenvalue weighted by atomic mass is 9.79. The smallest absolute Gasteiger partial charge is 0.107 e. The Morgan fingerprint density at radius 2 is 1.48 bits per heavy atom. The van der Waals surface area contributed by atoms with Crippen LogP contribution in [0.1, 0.15) is 41.6 Å². The van der Waals surface area contributed by atoms with Crippen molar-refractivity contribution in [2.45, 2.75) is 31.0 Å². The van der Waals surface area contributed by atoms with Gasteiger partial charge in [-0.15, -0.1) is 0 Å². The standard InChI is InChI=1S/C24H23N5/c1-12-21(17-4-2-3-5-20(17)27-12)24-28-22-18-10-13(25)6-8-15(18)16-9-7-14(26)11-19(16)23(22)29-24/h2-12,21-23,27H,25-26H2,1H3,(H,28,29). The van der Waals surface area contributed by atoms with Crippen LogP contribution in [0.4, 0.5) is 17.1 Å². The minimum Gasteiger partial charge on any atom is -0.399 e. The summed E-state index contributed by atoms with van der Waals surface area (Å²) in [4.78, 5) is 5.22. The van der Waals surface area contributed by atoms with Crippen LogP contribution in [-0.2, 0) is 0 Å². The van der Waals surface area contributed by atoms with Crippen LogP contribution in [0.3, 0.4) is 0 Å². The van der Waals surface area contributed by atoms with Gasteiger partial charge < -0.3 is 22.1 Å². The van der Waals surface area contributed by atoms with Crippen LogP contribution >= 0.6 is 0 Å². The van der Waals surface area contributed by atoms with Crippen molar-refractivity contribution < 1.29 is 0 Å². The Bertz CT molecular complexity index is 1180. The van der Waals surface area contributed by atoms with Crippen molar-refractivity contribution in [3.05, 3.63) is 77.4 Å². The SMILES string of the molecule is CC1Nc2ccccc2C1C1=NC2c3cc(N)ccc3-c3ccc(N)cc3C2N1. The van der Waals surface area contributed by atoms with E-state index >= 15 is 0 Å². The van der Waals surface area contributed by atoms with Crippen molar-refractivity contribution in [1.29, 1.82) is 0 Å². The number of nitrogens with one attached hydrogen (secondary N) is 2. The molecule has 0 amide bonds. The first kappa shape index (κ1) is 16.5. The van der Waals surface area contributed by atoms with Crippen molar-refractivity contribution >= 4 is 22.9 Å². The van der Waals surface area contributed by atoms with Crippen LogP contribution in [0, 0.1) is 0 Å². The molecule has 0 aromatic heterocycles. The molecule has 0 saturated heterocycles. The molecule has 0 radical (unpaired) electrons. The minimum atomic E-state index is -0.00207. The molecule has 6 N–H and O–H groups in total. The monoisotopic (exact) mass is 381 g/mol. The third-order valence-corrected chi connectivity index (χ3v) is 6.47. The van der Waals surface area contributed by atoms with Gasteiger partial charge in [0.05, 0.1) is 12.0 Å². The number of benzene rings is 3. The molecule has 5 heteroatoms. The summed E-state index contributed by atoms with van der Waals surface area (Å²) in [5, 5.41) is 7.36. The summed E-state index contributed by atoms with van der Waals surface area (Å²) >= 11 is 0. The van der Waals surface area contributed by atoms with Gasteiger partial charge in [-0.1, -0.05) is 30.3 Å². The average Bonchev–Trinajstić information content (AvgIpc) is 3.28. The van der Waals surface area contributed by atoms with Crippen LogP contribution in [0.25, 0.3) is 11.1 Å². The van der Waals surface area contributed by atoms with Crippen molar-refractivity contribution in [3.8, 4) is 11.1 Å². The van der Waals surface area contributed by atoms with E-state index in [1.165, 1.54) is 33.5 Å². The van der Waals surface area contributed by atoms with Crippen molar-refractivity contribution in [1.82, 2.24) is 5.32 Å². The number of para-hydroxylation sites is 1. The van der Waals surface area contributed by atoms with E-state index in [1.807, 2.05) is 12.1 Å². The lowest BCUT2D eigenvalue weighted by molar-refractivity contribution is 0.564. The number of anilines is 3. The van der Waals surface area contributed by atoms with E-state index in [0.29, 0.717) is 0 Å². The molecular formula is C24H23N5. The maximum atomic E-state index is 6.16. The van der Waals surface area contributed by atoms with Gasteiger partial charge in [0, 0.05) is 23.1 Å². The Hall–Kier alpha value is -3.47. The van der Waals surface area contributed by atoms with E-state index in [9.17, 15) is 0 Å². The summed E-state index contributed by atoms with van der Waals surface area (Å²) in [5.41, 5.74) is 21.1. The van der Waals surface area contributed by atoms with Crippen LogP contribution in [0.2, 0.25) is 0 Å². The summed E-state index contributed by atoms with van der Waals surface area (Å²) in [7, 11) is 0. The molecule has 3 aliphatic rings. The molecule has 2 heterocycles. The first-order valence-electron chi connectivity index (χ1n) is 10.1. The van der Waals surface area contributed by atoms with E-state index in [2.05, 4.69) is 66.1 Å². The minimum absolute atomic E-state index is 0.00207. The summed E-state index contributed by atoms with van der Waals surface area (Å²) < 4.78 is 0. The highest BCUT2D eigenvalue weighted by atomic mass is 15.2. The number of hydrogen-bond donors (Lipinski definition) is 4. The topological polar surface area (TPSA) is 88.5 Å². The van der Waals surface area contributed by atoms with Gasteiger partial charge in [-0.25, -0.2) is 0 Å². The highest BCUT2D eigenvalue weighted by Crippen LogP contribution is 2.51. The Balaban J connectivity index is 1.51. The molecule has 29 heavy (non-hydrogen) atoms. The normalized spacial score (nSPS) is 25.8. The van der Waals surface area contributed by atoms with Gasteiger partial charge in [-0.2, -0.15) is 0 Å². The second-order valence-electron chi connectivity index (χ2n) is 8.27. The molecule has 5 nitrogen and oxygen atoms in total. The van der Waals surface area contributed by atoms with Crippen LogP contribution in [0.15, 0.2) is 65.7 Å². The van der Waals surface area contributed by atoms with E-state index < -0.39 is 0 Å². The second kappa shape index (κ2) is 5.77. The number of rotatable bonds is 1. The lowest BCUT2D eigenvalue weighted by Gasteiger charge is -2.30. The first-order chi connectivity index (χ1) is 14.1. The number of amidine groups is 1. The average molecular weight is 381 g/mol. The first-order valence-corrected chi connectivity index (χ1v) is 10.1. The fourth-order valence-electron chi connectivity index (χ4n) is 5.20. The van der Waals surface area contributed by atoms with Gasteiger partial charge in [0.2, 0.25) is 0 Å². The molecular weight excluding hydrogens is 358 g/mol. The van der Waals surface area contributed by atoms with E-state index in [4.69, 9.17) is 16.5 Å². The van der Waals surface area contributed by atoms with Crippen LogP contribution in [-0.4, -0.2) is 11.9 Å². The zero-order chi connectivity index (χ0) is 19.7. The Labute approximate surface area is 169 Å². The van der Waals surface area contributed by atoms with E-state index in [0.717, 1.165) is 17.2 Å². The molecule has 3 aromatic carbocycles. The van der Waals surface area contributed by atoms with Crippen molar-refractivity contribution in [3.63, 3.8) is 0 Å². The van der Waals surface area contributed by atoms with Crippen LogP contribution < -0.4 is 22.1 Å². The summed E-state index contributed by atoms with van der Waals surface area (Å²) in [5.74, 6) is 1.24. The highest BCUT2D eigenvalue weighted by molar-refractivity contribution is 5.96. The summed E-state index contributed by atoms with van der Waals surface area (Å²) in [6.45, 7) is 2.22. The maximum Gasteiger partial charge on any atom is 0.107 e. The molecule has 3 aromatic rings. The maximum absolute atomic E-state index is 6.16. The fourth-order valence-corrected chi connectivity index (χ4v) is 5.20. The molecule has 4 unspecified atom stereocenters. The molecule has 144 valence electrons. The number of aliphatic imine (C=N–C) groups is 1. The molecule has 0 fully saturated rings. The van der Waals surface area contributed by atoms with Gasteiger partial charge in [0.1, 0.15) is 11.9 Å². The molecule has 4 atom stereocenters. The number of nitrogens with two attached hydrogens (primary N) is 2. The van der Waals surface area contributed by atoms with E-state index in [1.54, 1.807) is 0 Å². The van der Waals surface area contributed by atoms with E-state index in [-0.39, 0.29) is 24.0 Å². The predicted octanol–water partition coefficient (Wildman–Crippen LogP) is 4.21. The number of hydrogen-bond acceptors (Lipinski definition) is 5. The van der Waals surface area contributed by atoms with Crippen LogP contribution in [0.5, 0.6) is 0 Å².